The Morgan fingerprint density at radius 1 is 1.47 bits per heavy atom. The first-order valence-electron chi connectivity index (χ1n) is 4.99. The second-order valence-corrected chi connectivity index (χ2v) is 4.04. The molecule has 1 aromatic rings. The molecule has 0 radical (unpaired) electrons. The average molecular weight is 230 g/mol. The normalized spacial score (nSPS) is 18.0. The molecule has 1 aromatic heterocycles. The lowest BCUT2D eigenvalue weighted by Crippen LogP contribution is -2.43. The molecule has 0 saturated carbocycles. The van der Waals surface area contributed by atoms with Gasteiger partial charge in [0.15, 0.2) is 11.1 Å². The maximum Gasteiger partial charge on any atom is 0.318 e. The molecule has 7 heteroatoms. The third kappa shape index (κ3) is 2.36. The van der Waals surface area contributed by atoms with Crippen molar-refractivity contribution in [2.24, 2.45) is 0 Å². The van der Waals surface area contributed by atoms with Crippen LogP contribution in [0.25, 0.3) is 0 Å². The fraction of sp³-hybridized carbons (Fsp3) is 0.750. The fourth-order valence-corrected chi connectivity index (χ4v) is 2.20. The van der Waals surface area contributed by atoms with Gasteiger partial charge in [0.2, 0.25) is 0 Å². The molecule has 1 fully saturated rings. The predicted octanol–water partition coefficient (Wildman–Crippen LogP) is 0.0125. The van der Waals surface area contributed by atoms with E-state index in [1.807, 2.05) is 6.92 Å². The molecule has 1 unspecified atom stereocenters. The summed E-state index contributed by atoms with van der Waals surface area (Å²) in [6.07, 6.45) is 0. The van der Waals surface area contributed by atoms with E-state index in [1.54, 1.807) is 0 Å². The Balaban J connectivity index is 2.17. The molecule has 0 bridgehead atoms. The first kappa shape index (κ1) is 10.6. The van der Waals surface area contributed by atoms with Gasteiger partial charge in [-0.2, -0.15) is 0 Å². The molecule has 2 heterocycles. The van der Waals surface area contributed by atoms with Crippen LogP contribution < -0.4 is 15.0 Å². The van der Waals surface area contributed by atoms with Crippen LogP contribution in [-0.2, 0) is 0 Å². The topological polar surface area (TPSA) is 73.3 Å². The molecule has 1 aliphatic heterocycles. The Kier molecular flexibility index (Phi) is 3.34. The predicted molar refractivity (Wildman–Crippen MR) is 56.9 cm³/mol. The number of aromatic nitrogens is 2. The van der Waals surface area contributed by atoms with Crippen LogP contribution in [0.3, 0.4) is 0 Å². The maximum atomic E-state index is 11.2. The number of hydrogen-bond donors (Lipinski definition) is 1. The van der Waals surface area contributed by atoms with Crippen molar-refractivity contribution in [3.63, 3.8) is 0 Å². The van der Waals surface area contributed by atoms with Crippen molar-refractivity contribution in [2.75, 3.05) is 37.7 Å². The Hall–Kier alpha value is -0.920. The molecular weight excluding hydrogens is 216 g/mol. The summed E-state index contributed by atoms with van der Waals surface area (Å²) in [6.45, 7) is 5.90. The number of piperazine rings is 1. The SMILES string of the molecule is CCOc1n[s+]([O-])nc1N1CCNCC1. The number of hydrogen-bond acceptors (Lipinski definition) is 6. The Morgan fingerprint density at radius 2 is 2.20 bits per heavy atom. The maximum absolute atomic E-state index is 11.2. The molecule has 6 nitrogen and oxygen atoms in total. The van der Waals surface area contributed by atoms with Crippen LogP contribution in [0.2, 0.25) is 0 Å². The van der Waals surface area contributed by atoms with Gasteiger partial charge in [-0.25, -0.2) is 0 Å². The number of nitrogens with zero attached hydrogens (tertiary/aromatic N) is 3. The van der Waals surface area contributed by atoms with Crippen molar-refractivity contribution in [1.82, 2.24) is 14.1 Å². The summed E-state index contributed by atoms with van der Waals surface area (Å²) in [5, 5.41) is 3.24. The minimum atomic E-state index is -1.50. The zero-order chi connectivity index (χ0) is 10.7. The highest BCUT2D eigenvalue weighted by Gasteiger charge is 2.24. The fourth-order valence-electron chi connectivity index (χ4n) is 1.54. The lowest BCUT2D eigenvalue weighted by atomic mass is 10.3. The molecule has 1 N–H and O–H groups in total. The molecule has 0 spiro atoms. The number of nitrogens with one attached hydrogen (secondary N) is 1. The van der Waals surface area contributed by atoms with Crippen molar-refractivity contribution < 1.29 is 9.29 Å². The van der Waals surface area contributed by atoms with Gasteiger partial charge in [-0.3, -0.25) is 0 Å². The average Bonchev–Trinajstić information content (AvgIpc) is 2.62. The standard InChI is InChI=1S/C8H14N4O2S/c1-2-14-8-7(10-15(13)11-8)12-5-3-9-4-6-12/h9H,2-6H2,1H3. The van der Waals surface area contributed by atoms with Crippen molar-refractivity contribution in [1.29, 1.82) is 0 Å². The summed E-state index contributed by atoms with van der Waals surface area (Å²) in [5.74, 6) is 1.05. The minimum absolute atomic E-state index is 0.415. The van der Waals surface area contributed by atoms with E-state index >= 15 is 0 Å². The van der Waals surface area contributed by atoms with E-state index in [9.17, 15) is 4.55 Å². The minimum Gasteiger partial charge on any atom is -0.546 e. The van der Waals surface area contributed by atoms with E-state index in [1.165, 1.54) is 0 Å². The van der Waals surface area contributed by atoms with Gasteiger partial charge in [-0.15, -0.1) is 0 Å². The van der Waals surface area contributed by atoms with Gasteiger partial charge >= 0.3 is 5.88 Å². The van der Waals surface area contributed by atoms with Crippen LogP contribution >= 0.6 is 11.1 Å². The van der Waals surface area contributed by atoms with Crippen LogP contribution in [0, 0.1) is 0 Å². The largest absolute Gasteiger partial charge is 0.546 e. The van der Waals surface area contributed by atoms with E-state index in [-0.39, 0.29) is 0 Å². The van der Waals surface area contributed by atoms with Crippen LogP contribution in [0.15, 0.2) is 0 Å². The molecule has 2 rings (SSSR count). The summed E-state index contributed by atoms with van der Waals surface area (Å²) < 4.78 is 24.3. The molecule has 0 aromatic carbocycles. The summed E-state index contributed by atoms with van der Waals surface area (Å²) in [6, 6.07) is 0. The molecule has 84 valence electrons. The monoisotopic (exact) mass is 230 g/mol. The van der Waals surface area contributed by atoms with Gasteiger partial charge in [0.25, 0.3) is 5.82 Å². The summed E-state index contributed by atoms with van der Waals surface area (Å²) in [4.78, 5) is 2.05. The molecule has 1 aliphatic rings. The Labute approximate surface area is 91.4 Å². The van der Waals surface area contributed by atoms with Gasteiger partial charge in [0.05, 0.1) is 6.61 Å². The molecular formula is C8H14N4O2S. The number of ether oxygens (including phenoxy) is 1. The van der Waals surface area contributed by atoms with Crippen LogP contribution in [0.4, 0.5) is 5.82 Å². The quantitative estimate of drug-likeness (QED) is 0.738. The summed E-state index contributed by atoms with van der Waals surface area (Å²) >= 11 is -1.50. The highest BCUT2D eigenvalue weighted by molar-refractivity contribution is 7.14. The van der Waals surface area contributed by atoms with Gasteiger partial charge in [-0.1, -0.05) is 0 Å². The molecule has 1 saturated heterocycles. The number of anilines is 1. The van der Waals surface area contributed by atoms with E-state index in [0.29, 0.717) is 18.3 Å². The zero-order valence-corrected chi connectivity index (χ0v) is 9.42. The summed E-state index contributed by atoms with van der Waals surface area (Å²) in [5.41, 5.74) is 0. The van der Waals surface area contributed by atoms with Gasteiger partial charge < -0.3 is 19.5 Å². The van der Waals surface area contributed by atoms with Crippen LogP contribution in [0.1, 0.15) is 6.92 Å². The molecule has 0 amide bonds. The third-order valence-electron chi connectivity index (χ3n) is 2.21. The second kappa shape index (κ2) is 4.73. The van der Waals surface area contributed by atoms with E-state index in [0.717, 1.165) is 26.2 Å². The summed E-state index contributed by atoms with van der Waals surface area (Å²) in [7, 11) is 0. The van der Waals surface area contributed by atoms with Crippen molar-refractivity contribution in [3.8, 4) is 5.88 Å². The van der Waals surface area contributed by atoms with Crippen LogP contribution in [0.5, 0.6) is 5.88 Å². The molecule has 1 atom stereocenters. The van der Waals surface area contributed by atoms with Crippen LogP contribution in [-0.4, -0.2) is 46.1 Å². The van der Waals surface area contributed by atoms with Crippen molar-refractivity contribution >= 4 is 17.0 Å². The van der Waals surface area contributed by atoms with Gasteiger partial charge in [0, 0.05) is 34.9 Å². The van der Waals surface area contributed by atoms with Crippen molar-refractivity contribution in [3.05, 3.63) is 0 Å². The van der Waals surface area contributed by atoms with Crippen molar-refractivity contribution in [2.45, 2.75) is 6.92 Å². The zero-order valence-electron chi connectivity index (χ0n) is 8.60. The smallest absolute Gasteiger partial charge is 0.318 e. The lowest BCUT2D eigenvalue weighted by Gasteiger charge is -2.26. The lowest BCUT2D eigenvalue weighted by molar-refractivity contribution is 0.329. The number of rotatable bonds is 3. The molecule has 0 aliphatic carbocycles. The van der Waals surface area contributed by atoms with E-state index in [4.69, 9.17) is 4.74 Å². The highest BCUT2D eigenvalue weighted by atomic mass is 32.2. The second-order valence-electron chi connectivity index (χ2n) is 3.21. The first-order valence-corrected chi connectivity index (χ1v) is 6.06. The molecule has 15 heavy (non-hydrogen) atoms. The first-order chi connectivity index (χ1) is 7.31. The van der Waals surface area contributed by atoms with Gasteiger partial charge in [-0.05, 0) is 6.92 Å². The Morgan fingerprint density at radius 3 is 2.87 bits per heavy atom. The van der Waals surface area contributed by atoms with E-state index in [2.05, 4.69) is 19.0 Å². The van der Waals surface area contributed by atoms with E-state index < -0.39 is 11.1 Å². The third-order valence-corrected chi connectivity index (χ3v) is 2.87. The Bertz CT molecular complexity index is 324. The van der Waals surface area contributed by atoms with Gasteiger partial charge in [0.1, 0.15) is 0 Å². The highest BCUT2D eigenvalue weighted by Crippen LogP contribution is 2.28.